The Morgan fingerprint density at radius 1 is 1.20 bits per heavy atom. The van der Waals surface area contributed by atoms with Crippen molar-refractivity contribution in [3.8, 4) is 0 Å². The van der Waals surface area contributed by atoms with Crippen molar-refractivity contribution >= 4 is 28.4 Å². The largest absolute Gasteiger partial charge is 0.399 e. The number of nitrogens with two attached hydrogens (primary N) is 1. The van der Waals surface area contributed by atoms with E-state index in [2.05, 4.69) is 35.4 Å². The zero-order valence-corrected chi connectivity index (χ0v) is 12.4. The molecule has 0 radical (unpaired) electrons. The summed E-state index contributed by atoms with van der Waals surface area (Å²) < 4.78 is 1.94. The summed E-state index contributed by atoms with van der Waals surface area (Å²) in [6, 6.07) is 14.5. The number of fused-ring (bicyclic) bond motifs is 1. The number of hydrogen-bond acceptors (Lipinski definition) is 3. The smallest absolute Gasteiger partial charge is 0.0805 e. The Morgan fingerprint density at radius 2 is 2.00 bits per heavy atom. The van der Waals surface area contributed by atoms with E-state index in [4.69, 9.17) is 5.73 Å². The van der Waals surface area contributed by atoms with Gasteiger partial charge in [-0.25, -0.2) is 0 Å². The molecule has 0 atom stereocenters. The minimum absolute atomic E-state index is 0.845. The first-order valence-corrected chi connectivity index (χ1v) is 7.53. The molecule has 4 heteroatoms. The molecule has 0 fully saturated rings. The highest BCUT2D eigenvalue weighted by Crippen LogP contribution is 2.28. The van der Waals surface area contributed by atoms with Crippen LogP contribution in [0, 0.1) is 6.92 Å². The average Bonchev–Trinajstić information content (AvgIpc) is 2.78. The van der Waals surface area contributed by atoms with Gasteiger partial charge < -0.3 is 5.73 Å². The minimum Gasteiger partial charge on any atom is -0.399 e. The van der Waals surface area contributed by atoms with Gasteiger partial charge >= 0.3 is 0 Å². The average molecular weight is 283 g/mol. The number of nitrogens with zero attached hydrogens (tertiary/aromatic N) is 2. The third-order valence-corrected chi connectivity index (χ3v) is 4.46. The molecule has 0 amide bonds. The lowest BCUT2D eigenvalue weighted by molar-refractivity contribution is 0.781. The Labute approximate surface area is 122 Å². The molecule has 0 unspecified atom stereocenters. The van der Waals surface area contributed by atoms with Crippen LogP contribution in [0.4, 0.5) is 5.69 Å². The third-order valence-electron chi connectivity index (χ3n) is 3.45. The Morgan fingerprint density at radius 3 is 2.80 bits per heavy atom. The van der Waals surface area contributed by atoms with Crippen molar-refractivity contribution in [2.75, 3.05) is 5.73 Å². The SMILES string of the molecule is Cc1cc(SCc2nn(C)c3ccccc23)ccc1N. The van der Waals surface area contributed by atoms with Crippen LogP contribution in [0.1, 0.15) is 11.3 Å². The number of aryl methyl sites for hydroxylation is 2. The molecule has 0 spiro atoms. The van der Waals surface area contributed by atoms with Crippen molar-refractivity contribution in [3.05, 3.63) is 53.7 Å². The maximum Gasteiger partial charge on any atom is 0.0805 e. The van der Waals surface area contributed by atoms with Gasteiger partial charge in [-0.15, -0.1) is 11.8 Å². The van der Waals surface area contributed by atoms with Crippen molar-refractivity contribution in [1.29, 1.82) is 0 Å². The number of anilines is 1. The number of nitrogen functional groups attached to an aromatic ring is 1. The van der Waals surface area contributed by atoms with Crippen molar-refractivity contribution in [2.24, 2.45) is 7.05 Å². The number of para-hydroxylation sites is 1. The second kappa shape index (κ2) is 5.21. The normalized spacial score (nSPS) is 11.1. The van der Waals surface area contributed by atoms with E-state index in [1.165, 1.54) is 15.8 Å². The lowest BCUT2D eigenvalue weighted by atomic mass is 10.2. The van der Waals surface area contributed by atoms with Crippen LogP contribution in [0.15, 0.2) is 47.4 Å². The predicted molar refractivity (Wildman–Crippen MR) is 85.9 cm³/mol. The fourth-order valence-corrected chi connectivity index (χ4v) is 3.23. The lowest BCUT2D eigenvalue weighted by Gasteiger charge is -2.04. The zero-order chi connectivity index (χ0) is 14.1. The van der Waals surface area contributed by atoms with Crippen molar-refractivity contribution in [1.82, 2.24) is 9.78 Å². The monoisotopic (exact) mass is 283 g/mol. The first kappa shape index (κ1) is 13.1. The van der Waals surface area contributed by atoms with Crippen LogP contribution < -0.4 is 5.73 Å². The van der Waals surface area contributed by atoms with E-state index in [9.17, 15) is 0 Å². The molecule has 1 heterocycles. The van der Waals surface area contributed by atoms with Crippen LogP contribution in [0.25, 0.3) is 10.9 Å². The number of thioether (sulfide) groups is 1. The van der Waals surface area contributed by atoms with Crippen LogP contribution in [0.5, 0.6) is 0 Å². The van der Waals surface area contributed by atoms with Gasteiger partial charge in [-0.2, -0.15) is 5.10 Å². The summed E-state index contributed by atoms with van der Waals surface area (Å²) in [6.45, 7) is 2.04. The van der Waals surface area contributed by atoms with E-state index in [1.54, 1.807) is 11.8 Å². The Bertz CT molecular complexity index is 762. The summed E-state index contributed by atoms with van der Waals surface area (Å²) in [5, 5.41) is 5.85. The van der Waals surface area contributed by atoms with Crippen molar-refractivity contribution in [2.45, 2.75) is 17.6 Å². The van der Waals surface area contributed by atoms with Crippen LogP contribution in [-0.4, -0.2) is 9.78 Å². The van der Waals surface area contributed by atoms with E-state index in [-0.39, 0.29) is 0 Å². The molecule has 3 rings (SSSR count). The molecule has 2 aromatic carbocycles. The van der Waals surface area contributed by atoms with E-state index < -0.39 is 0 Å². The molecule has 0 aliphatic carbocycles. The summed E-state index contributed by atoms with van der Waals surface area (Å²) in [5.41, 5.74) is 10.1. The Balaban J connectivity index is 1.85. The minimum atomic E-state index is 0.845. The fraction of sp³-hybridized carbons (Fsp3) is 0.188. The molecule has 102 valence electrons. The van der Waals surface area contributed by atoms with Crippen molar-refractivity contribution < 1.29 is 0 Å². The van der Waals surface area contributed by atoms with Gasteiger partial charge in [0.2, 0.25) is 0 Å². The first-order valence-electron chi connectivity index (χ1n) is 6.54. The summed E-state index contributed by atoms with van der Waals surface area (Å²) in [4.78, 5) is 1.23. The number of aromatic nitrogens is 2. The molecular formula is C16H17N3S. The summed E-state index contributed by atoms with van der Waals surface area (Å²) in [7, 11) is 1.99. The molecule has 0 aliphatic rings. The highest BCUT2D eigenvalue weighted by atomic mass is 32.2. The first-order chi connectivity index (χ1) is 9.65. The third kappa shape index (κ3) is 2.39. The highest BCUT2D eigenvalue weighted by Gasteiger charge is 2.08. The van der Waals surface area contributed by atoms with E-state index in [0.29, 0.717) is 0 Å². The van der Waals surface area contributed by atoms with Crippen LogP contribution in [-0.2, 0) is 12.8 Å². The van der Waals surface area contributed by atoms with Crippen LogP contribution in [0.3, 0.4) is 0 Å². The molecule has 0 aliphatic heterocycles. The Kier molecular flexibility index (Phi) is 3.40. The standard InChI is InChI=1S/C16H17N3S/c1-11-9-12(7-8-14(11)17)20-10-15-13-5-3-4-6-16(13)19(2)18-15/h3-9H,10,17H2,1-2H3. The molecule has 2 N–H and O–H groups in total. The van der Waals surface area contributed by atoms with Gasteiger partial charge in [0.1, 0.15) is 0 Å². The molecule has 3 nitrogen and oxygen atoms in total. The van der Waals surface area contributed by atoms with E-state index >= 15 is 0 Å². The maximum atomic E-state index is 5.85. The fourth-order valence-electron chi connectivity index (χ4n) is 2.28. The molecule has 0 saturated heterocycles. The second-order valence-electron chi connectivity index (χ2n) is 4.89. The van der Waals surface area contributed by atoms with Gasteiger partial charge in [0, 0.05) is 28.8 Å². The Hall–Kier alpha value is -1.94. The number of benzene rings is 2. The van der Waals surface area contributed by atoms with E-state index in [1.807, 2.05) is 30.8 Å². The zero-order valence-electron chi connectivity index (χ0n) is 11.6. The van der Waals surface area contributed by atoms with Crippen LogP contribution >= 0.6 is 11.8 Å². The van der Waals surface area contributed by atoms with Gasteiger partial charge in [-0.3, -0.25) is 4.68 Å². The van der Waals surface area contributed by atoms with Crippen LogP contribution in [0.2, 0.25) is 0 Å². The predicted octanol–water partition coefficient (Wildman–Crippen LogP) is 3.76. The lowest BCUT2D eigenvalue weighted by Crippen LogP contribution is -1.91. The van der Waals surface area contributed by atoms with Gasteiger partial charge in [-0.05, 0) is 36.8 Å². The second-order valence-corrected chi connectivity index (χ2v) is 5.94. The van der Waals surface area contributed by atoms with Gasteiger partial charge in [0.15, 0.2) is 0 Å². The molecular weight excluding hydrogens is 266 g/mol. The van der Waals surface area contributed by atoms with E-state index in [0.717, 1.165) is 22.7 Å². The summed E-state index contributed by atoms with van der Waals surface area (Å²) in [5.74, 6) is 0.866. The topological polar surface area (TPSA) is 43.8 Å². The maximum absolute atomic E-state index is 5.85. The quantitative estimate of drug-likeness (QED) is 0.588. The van der Waals surface area contributed by atoms with Gasteiger partial charge in [0.05, 0.1) is 11.2 Å². The van der Waals surface area contributed by atoms with Gasteiger partial charge in [-0.1, -0.05) is 18.2 Å². The summed E-state index contributed by atoms with van der Waals surface area (Å²) >= 11 is 1.79. The highest BCUT2D eigenvalue weighted by molar-refractivity contribution is 7.98. The summed E-state index contributed by atoms with van der Waals surface area (Å²) in [6.07, 6.45) is 0. The number of hydrogen-bond donors (Lipinski definition) is 1. The molecule has 3 aromatic rings. The van der Waals surface area contributed by atoms with Gasteiger partial charge in [0.25, 0.3) is 0 Å². The molecule has 20 heavy (non-hydrogen) atoms. The molecule has 0 saturated carbocycles. The molecule has 1 aromatic heterocycles. The van der Waals surface area contributed by atoms with Crippen molar-refractivity contribution in [3.63, 3.8) is 0 Å². The molecule has 0 bridgehead atoms. The number of rotatable bonds is 3.